The van der Waals surface area contributed by atoms with Gasteiger partial charge in [-0.1, -0.05) is 18.2 Å². The van der Waals surface area contributed by atoms with E-state index in [4.69, 9.17) is 14.7 Å². The molecule has 1 aliphatic heterocycles. The van der Waals surface area contributed by atoms with Crippen LogP contribution in [-0.2, 0) is 14.9 Å². The first kappa shape index (κ1) is 15.3. The van der Waals surface area contributed by atoms with Crippen molar-refractivity contribution in [3.05, 3.63) is 29.8 Å². The van der Waals surface area contributed by atoms with Crippen molar-refractivity contribution in [2.75, 3.05) is 26.9 Å². The molecule has 21 heavy (non-hydrogen) atoms. The normalized spacial score (nSPS) is 16.8. The molecule has 0 aliphatic carbocycles. The van der Waals surface area contributed by atoms with Crippen LogP contribution in [0.15, 0.2) is 24.3 Å². The average Bonchev–Trinajstić information content (AvgIpc) is 2.54. The van der Waals surface area contributed by atoms with E-state index in [2.05, 4.69) is 5.32 Å². The molecule has 0 aromatic heterocycles. The molecule has 0 spiro atoms. The van der Waals surface area contributed by atoms with Crippen LogP contribution < -0.4 is 10.1 Å². The molecule has 2 rings (SSSR count). The van der Waals surface area contributed by atoms with Crippen molar-refractivity contribution < 1.29 is 14.3 Å². The predicted molar refractivity (Wildman–Crippen MR) is 78.0 cm³/mol. The third-order valence-corrected chi connectivity index (χ3v) is 3.99. The topological polar surface area (TPSA) is 71.3 Å². The van der Waals surface area contributed by atoms with Gasteiger partial charge in [-0.05, 0) is 18.9 Å². The summed E-state index contributed by atoms with van der Waals surface area (Å²) in [6, 6.07) is 9.76. The van der Waals surface area contributed by atoms with Gasteiger partial charge in [-0.3, -0.25) is 4.79 Å². The molecule has 1 aromatic rings. The molecule has 0 radical (unpaired) electrons. The second-order valence-electron chi connectivity index (χ2n) is 5.20. The summed E-state index contributed by atoms with van der Waals surface area (Å²) < 4.78 is 10.9. The Morgan fingerprint density at radius 3 is 2.81 bits per heavy atom. The number of rotatable bonds is 5. The van der Waals surface area contributed by atoms with Crippen LogP contribution in [0, 0.1) is 11.3 Å². The van der Waals surface area contributed by atoms with Crippen molar-refractivity contribution in [3.63, 3.8) is 0 Å². The van der Waals surface area contributed by atoms with E-state index in [0.29, 0.717) is 19.8 Å². The van der Waals surface area contributed by atoms with Gasteiger partial charge in [-0.2, -0.15) is 5.26 Å². The maximum absolute atomic E-state index is 11.6. The predicted octanol–water partition coefficient (Wildman–Crippen LogP) is 1.77. The number of benzene rings is 1. The van der Waals surface area contributed by atoms with Gasteiger partial charge in [0.1, 0.15) is 12.2 Å². The fourth-order valence-corrected chi connectivity index (χ4v) is 2.79. The first-order valence-corrected chi connectivity index (χ1v) is 7.07. The highest BCUT2D eigenvalue weighted by molar-refractivity contribution is 5.78. The number of carbonyl (C=O) groups is 1. The van der Waals surface area contributed by atoms with E-state index < -0.39 is 0 Å². The monoisotopic (exact) mass is 288 g/mol. The number of ether oxygens (including phenoxy) is 2. The number of hydrogen-bond donors (Lipinski definition) is 1. The van der Waals surface area contributed by atoms with Crippen LogP contribution in [0.4, 0.5) is 0 Å². The lowest BCUT2D eigenvalue weighted by molar-refractivity contribution is -0.120. The van der Waals surface area contributed by atoms with Crippen LogP contribution >= 0.6 is 0 Å². The zero-order valence-electron chi connectivity index (χ0n) is 12.2. The first-order valence-electron chi connectivity index (χ1n) is 7.07. The van der Waals surface area contributed by atoms with Crippen LogP contribution in [0.1, 0.15) is 24.8 Å². The molecule has 5 heteroatoms. The molecule has 1 saturated heterocycles. The zero-order chi connectivity index (χ0) is 15.1. The van der Waals surface area contributed by atoms with Gasteiger partial charge in [0, 0.05) is 30.7 Å². The smallest absolute Gasteiger partial charge is 0.234 e. The number of nitrogens with zero attached hydrogens (tertiary/aromatic N) is 1. The lowest BCUT2D eigenvalue weighted by Gasteiger charge is -2.38. The Morgan fingerprint density at radius 1 is 1.43 bits per heavy atom. The number of nitriles is 1. The molecule has 1 amide bonds. The molecule has 112 valence electrons. The second kappa shape index (κ2) is 7.09. The summed E-state index contributed by atoms with van der Waals surface area (Å²) in [6.07, 6.45) is 1.53. The molecule has 1 fully saturated rings. The Bertz CT molecular complexity index is 531. The number of amides is 1. The van der Waals surface area contributed by atoms with Gasteiger partial charge in [0.05, 0.1) is 13.2 Å². The molecule has 0 bridgehead atoms. The Hall–Kier alpha value is -2.06. The van der Waals surface area contributed by atoms with Crippen molar-refractivity contribution in [3.8, 4) is 11.8 Å². The van der Waals surface area contributed by atoms with Crippen molar-refractivity contribution in [1.82, 2.24) is 5.32 Å². The summed E-state index contributed by atoms with van der Waals surface area (Å²) in [6.45, 7) is 1.82. The molecule has 1 aliphatic rings. The Balaban J connectivity index is 2.24. The minimum atomic E-state index is -0.238. The average molecular weight is 288 g/mol. The van der Waals surface area contributed by atoms with E-state index in [1.807, 2.05) is 30.3 Å². The Labute approximate surface area is 124 Å². The second-order valence-corrected chi connectivity index (χ2v) is 5.20. The molecule has 0 atom stereocenters. The number of carbonyl (C=O) groups excluding carboxylic acids is 1. The van der Waals surface area contributed by atoms with Crippen LogP contribution in [-0.4, -0.2) is 32.8 Å². The van der Waals surface area contributed by atoms with Gasteiger partial charge < -0.3 is 14.8 Å². The third-order valence-electron chi connectivity index (χ3n) is 3.99. The number of para-hydroxylation sites is 1. The lowest BCUT2D eigenvalue weighted by Crippen LogP contribution is -2.44. The van der Waals surface area contributed by atoms with Gasteiger partial charge in [-0.15, -0.1) is 0 Å². The summed E-state index contributed by atoms with van der Waals surface area (Å²) in [4.78, 5) is 11.6. The first-order chi connectivity index (χ1) is 10.2. The minimum Gasteiger partial charge on any atom is -0.496 e. The molecule has 1 N–H and O–H groups in total. The highest BCUT2D eigenvalue weighted by Gasteiger charge is 2.36. The SMILES string of the molecule is COc1ccccc1C1(CNC(=O)CC#N)CCOCC1. The van der Waals surface area contributed by atoms with Gasteiger partial charge in [0.15, 0.2) is 0 Å². The zero-order valence-corrected chi connectivity index (χ0v) is 12.2. The van der Waals surface area contributed by atoms with Gasteiger partial charge in [0.2, 0.25) is 5.91 Å². The van der Waals surface area contributed by atoms with Gasteiger partial charge >= 0.3 is 0 Å². The molecule has 1 aromatic carbocycles. The van der Waals surface area contributed by atoms with E-state index in [9.17, 15) is 4.79 Å². The third kappa shape index (κ3) is 3.53. The van der Waals surface area contributed by atoms with Crippen LogP contribution in [0.25, 0.3) is 0 Å². The van der Waals surface area contributed by atoms with Crippen molar-refractivity contribution >= 4 is 5.91 Å². The van der Waals surface area contributed by atoms with E-state index in [1.54, 1.807) is 7.11 Å². The summed E-state index contributed by atoms with van der Waals surface area (Å²) >= 11 is 0. The summed E-state index contributed by atoms with van der Waals surface area (Å²) in [5.41, 5.74) is 0.892. The summed E-state index contributed by atoms with van der Waals surface area (Å²) in [7, 11) is 1.65. The number of nitrogens with one attached hydrogen (secondary N) is 1. The fourth-order valence-electron chi connectivity index (χ4n) is 2.79. The quantitative estimate of drug-likeness (QED) is 0.896. The lowest BCUT2D eigenvalue weighted by atomic mass is 9.73. The van der Waals surface area contributed by atoms with E-state index in [1.165, 1.54) is 0 Å². The molecule has 1 heterocycles. The van der Waals surface area contributed by atoms with Gasteiger partial charge in [0.25, 0.3) is 0 Å². The van der Waals surface area contributed by atoms with Crippen molar-refractivity contribution in [1.29, 1.82) is 5.26 Å². The highest BCUT2D eigenvalue weighted by atomic mass is 16.5. The van der Waals surface area contributed by atoms with Gasteiger partial charge in [-0.25, -0.2) is 0 Å². The maximum atomic E-state index is 11.6. The molecule has 0 unspecified atom stereocenters. The highest BCUT2D eigenvalue weighted by Crippen LogP contribution is 2.39. The number of methoxy groups -OCH3 is 1. The molecule has 5 nitrogen and oxygen atoms in total. The summed E-state index contributed by atoms with van der Waals surface area (Å²) in [5.74, 6) is 0.590. The summed E-state index contributed by atoms with van der Waals surface area (Å²) in [5, 5.41) is 11.5. The minimum absolute atomic E-state index is 0.113. The largest absolute Gasteiger partial charge is 0.496 e. The van der Waals surface area contributed by atoms with Crippen molar-refractivity contribution in [2.45, 2.75) is 24.7 Å². The van der Waals surface area contributed by atoms with E-state index >= 15 is 0 Å². The fraction of sp³-hybridized carbons (Fsp3) is 0.500. The Kier molecular flexibility index (Phi) is 5.18. The molecule has 0 saturated carbocycles. The van der Waals surface area contributed by atoms with Crippen LogP contribution in [0.3, 0.4) is 0 Å². The van der Waals surface area contributed by atoms with E-state index in [0.717, 1.165) is 24.2 Å². The van der Waals surface area contributed by atoms with Crippen molar-refractivity contribution in [2.24, 2.45) is 0 Å². The molecular formula is C16H20N2O3. The molecular weight excluding hydrogens is 268 g/mol. The van der Waals surface area contributed by atoms with Crippen LogP contribution in [0.2, 0.25) is 0 Å². The number of hydrogen-bond acceptors (Lipinski definition) is 4. The standard InChI is InChI=1S/C16H20N2O3/c1-20-14-5-3-2-4-13(14)16(7-10-21-11-8-16)12-18-15(19)6-9-17/h2-5H,6-8,10-12H2,1H3,(H,18,19). The maximum Gasteiger partial charge on any atom is 0.234 e. The Morgan fingerprint density at radius 2 is 2.14 bits per heavy atom. The van der Waals surface area contributed by atoms with Crippen LogP contribution in [0.5, 0.6) is 5.75 Å². The van der Waals surface area contributed by atoms with E-state index in [-0.39, 0.29) is 17.7 Å².